The van der Waals surface area contributed by atoms with Crippen LogP contribution in [0.25, 0.3) is 10.9 Å². The lowest BCUT2D eigenvalue weighted by molar-refractivity contribution is -0.143. The Morgan fingerprint density at radius 3 is 2.79 bits per heavy atom. The monoisotopic (exact) mass is 258 g/mol. The number of fused-ring (bicyclic) bond motifs is 1. The van der Waals surface area contributed by atoms with Gasteiger partial charge in [0.25, 0.3) is 5.91 Å². The fraction of sp³-hybridized carbons (Fsp3) is 0.286. The van der Waals surface area contributed by atoms with Crippen LogP contribution in [-0.4, -0.2) is 28.5 Å². The van der Waals surface area contributed by atoms with Gasteiger partial charge in [-0.1, -0.05) is 6.07 Å². The molecule has 3 N–H and O–H groups in total. The van der Waals surface area contributed by atoms with Crippen molar-refractivity contribution in [3.63, 3.8) is 0 Å². The molecule has 1 aromatic carbocycles. The summed E-state index contributed by atoms with van der Waals surface area (Å²) in [6, 6.07) is 7.28. The molecule has 5 nitrogen and oxygen atoms in total. The van der Waals surface area contributed by atoms with Gasteiger partial charge in [0.05, 0.1) is 5.41 Å². The predicted octanol–water partition coefficient (Wildman–Crippen LogP) is 1.76. The van der Waals surface area contributed by atoms with Crippen molar-refractivity contribution in [3.8, 4) is 0 Å². The van der Waals surface area contributed by atoms with Crippen molar-refractivity contribution in [2.45, 2.75) is 12.8 Å². The minimum absolute atomic E-state index is 0.196. The van der Waals surface area contributed by atoms with Gasteiger partial charge in [0.1, 0.15) is 0 Å². The summed E-state index contributed by atoms with van der Waals surface area (Å²) in [5.74, 6) is -1.05. The third-order valence-corrected chi connectivity index (χ3v) is 3.73. The molecule has 98 valence electrons. The molecule has 5 heteroatoms. The van der Waals surface area contributed by atoms with E-state index in [1.165, 1.54) is 0 Å². The fourth-order valence-corrected chi connectivity index (χ4v) is 2.25. The van der Waals surface area contributed by atoms with Crippen LogP contribution in [0.15, 0.2) is 30.5 Å². The molecule has 1 aliphatic carbocycles. The molecule has 0 bridgehead atoms. The average Bonchev–Trinajstić information content (AvgIpc) is 3.05. The van der Waals surface area contributed by atoms with Gasteiger partial charge in [-0.3, -0.25) is 9.59 Å². The van der Waals surface area contributed by atoms with Gasteiger partial charge in [0, 0.05) is 29.2 Å². The molecule has 0 unspecified atom stereocenters. The number of hydrogen-bond donors (Lipinski definition) is 3. The molecule has 0 radical (unpaired) electrons. The number of hydrogen-bond acceptors (Lipinski definition) is 2. The van der Waals surface area contributed by atoms with Crippen molar-refractivity contribution in [1.29, 1.82) is 0 Å². The van der Waals surface area contributed by atoms with Crippen LogP contribution >= 0.6 is 0 Å². The number of rotatable bonds is 4. The highest BCUT2D eigenvalue weighted by Crippen LogP contribution is 2.45. The minimum atomic E-state index is -0.826. The fourth-order valence-electron chi connectivity index (χ4n) is 2.25. The third-order valence-electron chi connectivity index (χ3n) is 3.73. The summed E-state index contributed by atoms with van der Waals surface area (Å²) in [5, 5.41) is 12.6. The first-order valence-electron chi connectivity index (χ1n) is 6.20. The Hall–Kier alpha value is -2.30. The molecule has 0 spiro atoms. The Morgan fingerprint density at radius 1 is 1.32 bits per heavy atom. The molecule has 1 amide bonds. The van der Waals surface area contributed by atoms with E-state index in [2.05, 4.69) is 10.3 Å². The van der Waals surface area contributed by atoms with Crippen LogP contribution in [0.1, 0.15) is 23.2 Å². The van der Waals surface area contributed by atoms with Crippen LogP contribution in [0.2, 0.25) is 0 Å². The van der Waals surface area contributed by atoms with Crippen molar-refractivity contribution in [2.75, 3.05) is 6.54 Å². The van der Waals surface area contributed by atoms with Gasteiger partial charge in [-0.2, -0.15) is 0 Å². The van der Waals surface area contributed by atoms with Gasteiger partial charge in [0.2, 0.25) is 0 Å². The van der Waals surface area contributed by atoms with E-state index >= 15 is 0 Å². The summed E-state index contributed by atoms with van der Waals surface area (Å²) in [6.07, 6.45) is 3.05. The SMILES string of the molecule is O=C(NCC1(C(=O)O)CC1)c1cccc2[nH]ccc12. The van der Waals surface area contributed by atoms with E-state index in [0.717, 1.165) is 10.9 Å². The van der Waals surface area contributed by atoms with Gasteiger partial charge < -0.3 is 15.4 Å². The number of carboxylic acids is 1. The smallest absolute Gasteiger partial charge is 0.311 e. The molecular weight excluding hydrogens is 244 g/mol. The van der Waals surface area contributed by atoms with E-state index in [4.69, 9.17) is 5.11 Å². The first-order chi connectivity index (χ1) is 9.12. The van der Waals surface area contributed by atoms with E-state index < -0.39 is 11.4 Å². The van der Waals surface area contributed by atoms with Gasteiger partial charge >= 0.3 is 5.97 Å². The van der Waals surface area contributed by atoms with E-state index in [1.54, 1.807) is 18.3 Å². The Balaban J connectivity index is 1.78. The molecule has 1 fully saturated rings. The zero-order valence-electron chi connectivity index (χ0n) is 10.3. The molecule has 1 saturated carbocycles. The summed E-state index contributed by atoms with van der Waals surface area (Å²) in [7, 11) is 0. The predicted molar refractivity (Wildman–Crippen MR) is 69.9 cm³/mol. The Labute approximate surface area is 109 Å². The quantitative estimate of drug-likeness (QED) is 0.781. The number of amides is 1. The second kappa shape index (κ2) is 4.12. The van der Waals surface area contributed by atoms with E-state index in [9.17, 15) is 9.59 Å². The number of carboxylic acid groups (broad SMARTS) is 1. The maximum atomic E-state index is 12.1. The minimum Gasteiger partial charge on any atom is -0.481 e. The number of aromatic amines is 1. The number of aromatic nitrogens is 1. The van der Waals surface area contributed by atoms with Crippen LogP contribution < -0.4 is 5.32 Å². The molecule has 1 aromatic heterocycles. The summed E-state index contributed by atoms with van der Waals surface area (Å²) in [6.45, 7) is 0.196. The molecular formula is C14H14N2O3. The lowest BCUT2D eigenvalue weighted by Crippen LogP contribution is -2.34. The number of aliphatic carboxylic acids is 1. The number of carbonyl (C=O) groups excluding carboxylic acids is 1. The Morgan fingerprint density at radius 2 is 2.11 bits per heavy atom. The summed E-state index contributed by atoms with van der Waals surface area (Å²) in [5.41, 5.74) is 0.730. The lowest BCUT2D eigenvalue weighted by atomic mass is 10.1. The van der Waals surface area contributed by atoms with Gasteiger partial charge in [-0.25, -0.2) is 0 Å². The summed E-state index contributed by atoms with van der Waals surface area (Å²) in [4.78, 5) is 26.2. The molecule has 0 atom stereocenters. The summed E-state index contributed by atoms with van der Waals surface area (Å²) < 4.78 is 0. The van der Waals surface area contributed by atoms with Crippen molar-refractivity contribution >= 4 is 22.8 Å². The van der Waals surface area contributed by atoms with Gasteiger partial charge in [-0.15, -0.1) is 0 Å². The first kappa shape index (κ1) is 11.8. The number of H-pyrrole nitrogens is 1. The van der Waals surface area contributed by atoms with Crippen molar-refractivity contribution in [1.82, 2.24) is 10.3 Å². The lowest BCUT2D eigenvalue weighted by Gasteiger charge is -2.11. The van der Waals surface area contributed by atoms with E-state index in [-0.39, 0.29) is 12.5 Å². The highest BCUT2D eigenvalue weighted by atomic mass is 16.4. The van der Waals surface area contributed by atoms with Crippen molar-refractivity contribution in [2.24, 2.45) is 5.41 Å². The zero-order valence-corrected chi connectivity index (χ0v) is 10.3. The molecule has 1 heterocycles. The van der Waals surface area contributed by atoms with Crippen molar-refractivity contribution < 1.29 is 14.7 Å². The maximum absolute atomic E-state index is 12.1. The molecule has 2 aromatic rings. The largest absolute Gasteiger partial charge is 0.481 e. The second-order valence-corrected chi connectivity index (χ2v) is 5.01. The number of carbonyl (C=O) groups is 2. The van der Waals surface area contributed by atoms with Crippen LogP contribution in [0.5, 0.6) is 0 Å². The Kier molecular flexibility index (Phi) is 2.55. The van der Waals surface area contributed by atoms with E-state index in [0.29, 0.717) is 18.4 Å². The van der Waals surface area contributed by atoms with Crippen molar-refractivity contribution in [3.05, 3.63) is 36.0 Å². The van der Waals surface area contributed by atoms with Crippen LogP contribution in [-0.2, 0) is 4.79 Å². The average molecular weight is 258 g/mol. The normalized spacial score (nSPS) is 16.2. The highest BCUT2D eigenvalue weighted by molar-refractivity contribution is 6.06. The molecule has 1 aliphatic rings. The Bertz CT molecular complexity index is 656. The maximum Gasteiger partial charge on any atom is 0.311 e. The summed E-state index contributed by atoms with van der Waals surface area (Å²) >= 11 is 0. The second-order valence-electron chi connectivity index (χ2n) is 5.01. The third kappa shape index (κ3) is 1.97. The highest BCUT2D eigenvalue weighted by Gasteiger charge is 2.50. The number of nitrogens with one attached hydrogen (secondary N) is 2. The van der Waals surface area contributed by atoms with Crippen LogP contribution in [0.3, 0.4) is 0 Å². The molecule has 0 saturated heterocycles. The molecule has 19 heavy (non-hydrogen) atoms. The standard InChI is InChI=1S/C14H14N2O3/c17-12(16-8-14(5-6-14)13(18)19)10-2-1-3-11-9(10)4-7-15-11/h1-4,7,15H,5-6,8H2,(H,16,17)(H,18,19). The van der Waals surface area contributed by atoms with Crippen LogP contribution in [0.4, 0.5) is 0 Å². The van der Waals surface area contributed by atoms with Gasteiger partial charge in [0.15, 0.2) is 0 Å². The zero-order chi connectivity index (χ0) is 13.5. The molecule has 0 aliphatic heterocycles. The van der Waals surface area contributed by atoms with Gasteiger partial charge in [-0.05, 0) is 31.0 Å². The number of benzene rings is 1. The first-order valence-corrected chi connectivity index (χ1v) is 6.20. The van der Waals surface area contributed by atoms with E-state index in [1.807, 2.05) is 12.1 Å². The van der Waals surface area contributed by atoms with Crippen LogP contribution in [0, 0.1) is 5.41 Å². The molecule has 3 rings (SSSR count). The topological polar surface area (TPSA) is 82.2 Å².